The lowest BCUT2D eigenvalue weighted by atomic mass is 10.1. The lowest BCUT2D eigenvalue weighted by Crippen LogP contribution is -2.31. The molecule has 0 saturated carbocycles. The maximum atomic E-state index is 3.50. The largest absolute Gasteiger partial charge is 0.313 e. The SMILES string of the molecule is CC(C)NCCNCc1ccc2cc(Br)ccc2c1. The zero-order valence-corrected chi connectivity index (χ0v) is 13.1. The third kappa shape index (κ3) is 4.60. The van der Waals surface area contributed by atoms with Crippen LogP contribution in [0, 0.1) is 0 Å². The average molecular weight is 321 g/mol. The van der Waals surface area contributed by atoms with Crippen molar-refractivity contribution < 1.29 is 0 Å². The van der Waals surface area contributed by atoms with E-state index in [0.717, 1.165) is 24.1 Å². The van der Waals surface area contributed by atoms with Crippen LogP contribution in [0.5, 0.6) is 0 Å². The van der Waals surface area contributed by atoms with E-state index < -0.39 is 0 Å². The fraction of sp³-hybridized carbons (Fsp3) is 0.375. The summed E-state index contributed by atoms with van der Waals surface area (Å²) in [4.78, 5) is 0. The number of hydrogen-bond acceptors (Lipinski definition) is 2. The monoisotopic (exact) mass is 320 g/mol. The summed E-state index contributed by atoms with van der Waals surface area (Å²) in [5.41, 5.74) is 1.33. The lowest BCUT2D eigenvalue weighted by Gasteiger charge is -2.09. The van der Waals surface area contributed by atoms with Gasteiger partial charge in [-0.15, -0.1) is 0 Å². The Labute approximate surface area is 123 Å². The van der Waals surface area contributed by atoms with Crippen molar-refractivity contribution in [3.8, 4) is 0 Å². The molecule has 0 unspecified atom stereocenters. The first-order valence-electron chi connectivity index (χ1n) is 6.77. The summed E-state index contributed by atoms with van der Waals surface area (Å²) >= 11 is 3.50. The molecule has 2 aromatic carbocycles. The zero-order chi connectivity index (χ0) is 13.7. The van der Waals surface area contributed by atoms with E-state index in [4.69, 9.17) is 0 Å². The van der Waals surface area contributed by atoms with Crippen LogP contribution in [0.1, 0.15) is 19.4 Å². The van der Waals surface area contributed by atoms with Gasteiger partial charge in [-0.3, -0.25) is 0 Å². The summed E-state index contributed by atoms with van der Waals surface area (Å²) in [6, 6.07) is 13.6. The number of halogens is 1. The topological polar surface area (TPSA) is 24.1 Å². The third-order valence-corrected chi connectivity index (χ3v) is 3.54. The number of fused-ring (bicyclic) bond motifs is 1. The van der Waals surface area contributed by atoms with Gasteiger partial charge in [0, 0.05) is 30.1 Å². The van der Waals surface area contributed by atoms with Gasteiger partial charge < -0.3 is 10.6 Å². The summed E-state index contributed by atoms with van der Waals surface area (Å²) in [6.07, 6.45) is 0. The van der Waals surface area contributed by atoms with Gasteiger partial charge in [0.25, 0.3) is 0 Å². The Hall–Kier alpha value is -0.900. The van der Waals surface area contributed by atoms with Crippen molar-refractivity contribution in [3.05, 3.63) is 46.4 Å². The van der Waals surface area contributed by atoms with Gasteiger partial charge in [0.1, 0.15) is 0 Å². The Morgan fingerprint density at radius 3 is 2.53 bits per heavy atom. The van der Waals surface area contributed by atoms with Crippen molar-refractivity contribution >= 4 is 26.7 Å². The number of hydrogen-bond donors (Lipinski definition) is 2. The molecule has 0 spiro atoms. The molecule has 19 heavy (non-hydrogen) atoms. The molecule has 0 aromatic heterocycles. The highest BCUT2D eigenvalue weighted by atomic mass is 79.9. The second kappa shape index (κ2) is 7.04. The summed E-state index contributed by atoms with van der Waals surface area (Å²) < 4.78 is 1.13. The molecule has 0 aliphatic rings. The molecule has 2 aromatic rings. The summed E-state index contributed by atoms with van der Waals surface area (Å²) in [5, 5.41) is 9.43. The van der Waals surface area contributed by atoms with Gasteiger partial charge >= 0.3 is 0 Å². The zero-order valence-electron chi connectivity index (χ0n) is 11.5. The third-order valence-electron chi connectivity index (χ3n) is 3.05. The quantitative estimate of drug-likeness (QED) is 0.793. The van der Waals surface area contributed by atoms with Crippen LogP contribution in [0.3, 0.4) is 0 Å². The number of rotatable bonds is 6. The van der Waals surface area contributed by atoms with Crippen molar-refractivity contribution in [1.29, 1.82) is 0 Å². The Kier molecular flexibility index (Phi) is 5.37. The van der Waals surface area contributed by atoms with Crippen LogP contribution in [0.4, 0.5) is 0 Å². The van der Waals surface area contributed by atoms with Crippen molar-refractivity contribution in [2.45, 2.75) is 26.4 Å². The Bertz CT molecular complexity index is 537. The standard InChI is InChI=1S/C16H21BrN2/c1-12(2)19-8-7-18-11-13-3-4-15-10-16(17)6-5-14(15)9-13/h3-6,9-10,12,18-19H,7-8,11H2,1-2H3. The lowest BCUT2D eigenvalue weighted by molar-refractivity contribution is 0.556. The molecular weight excluding hydrogens is 300 g/mol. The van der Waals surface area contributed by atoms with E-state index in [0.29, 0.717) is 6.04 Å². The molecular formula is C16H21BrN2. The maximum Gasteiger partial charge on any atom is 0.0206 e. The molecule has 2 nitrogen and oxygen atoms in total. The van der Waals surface area contributed by atoms with Gasteiger partial charge in [-0.1, -0.05) is 48.0 Å². The molecule has 0 aliphatic heterocycles. The first-order valence-corrected chi connectivity index (χ1v) is 7.57. The summed E-state index contributed by atoms with van der Waals surface area (Å²) in [5.74, 6) is 0. The molecule has 0 radical (unpaired) electrons. The Balaban J connectivity index is 1.89. The molecule has 3 heteroatoms. The average Bonchev–Trinajstić information content (AvgIpc) is 2.38. The second-order valence-corrected chi connectivity index (χ2v) is 6.03. The van der Waals surface area contributed by atoms with Gasteiger partial charge in [-0.2, -0.15) is 0 Å². The van der Waals surface area contributed by atoms with E-state index in [9.17, 15) is 0 Å². The molecule has 2 rings (SSSR count). The highest BCUT2D eigenvalue weighted by molar-refractivity contribution is 9.10. The van der Waals surface area contributed by atoms with Gasteiger partial charge in [0.05, 0.1) is 0 Å². The van der Waals surface area contributed by atoms with Crippen LogP contribution in [-0.2, 0) is 6.54 Å². The van der Waals surface area contributed by atoms with Gasteiger partial charge in [-0.25, -0.2) is 0 Å². The van der Waals surface area contributed by atoms with E-state index in [1.165, 1.54) is 16.3 Å². The van der Waals surface area contributed by atoms with E-state index in [1.807, 2.05) is 0 Å². The van der Waals surface area contributed by atoms with Crippen molar-refractivity contribution in [2.24, 2.45) is 0 Å². The summed E-state index contributed by atoms with van der Waals surface area (Å²) in [6.45, 7) is 7.27. The molecule has 102 valence electrons. The van der Waals surface area contributed by atoms with Crippen LogP contribution in [0.2, 0.25) is 0 Å². The summed E-state index contributed by atoms with van der Waals surface area (Å²) in [7, 11) is 0. The predicted molar refractivity (Wildman–Crippen MR) is 86.5 cm³/mol. The smallest absolute Gasteiger partial charge is 0.0206 e. The van der Waals surface area contributed by atoms with E-state index in [1.54, 1.807) is 0 Å². The fourth-order valence-electron chi connectivity index (χ4n) is 2.06. The molecule has 0 bridgehead atoms. The molecule has 2 N–H and O–H groups in total. The van der Waals surface area contributed by atoms with Crippen LogP contribution in [0.25, 0.3) is 10.8 Å². The van der Waals surface area contributed by atoms with Gasteiger partial charge in [-0.05, 0) is 34.5 Å². The highest BCUT2D eigenvalue weighted by Crippen LogP contribution is 2.20. The number of benzene rings is 2. The normalized spacial score (nSPS) is 11.4. The highest BCUT2D eigenvalue weighted by Gasteiger charge is 1.98. The van der Waals surface area contributed by atoms with E-state index in [2.05, 4.69) is 76.8 Å². The van der Waals surface area contributed by atoms with Crippen LogP contribution in [0.15, 0.2) is 40.9 Å². The van der Waals surface area contributed by atoms with Crippen molar-refractivity contribution in [1.82, 2.24) is 10.6 Å². The minimum Gasteiger partial charge on any atom is -0.313 e. The first-order chi connectivity index (χ1) is 9.15. The van der Waals surface area contributed by atoms with Gasteiger partial charge in [0.2, 0.25) is 0 Å². The van der Waals surface area contributed by atoms with Crippen LogP contribution < -0.4 is 10.6 Å². The van der Waals surface area contributed by atoms with Crippen molar-refractivity contribution in [2.75, 3.05) is 13.1 Å². The molecule has 0 fully saturated rings. The van der Waals surface area contributed by atoms with Crippen molar-refractivity contribution in [3.63, 3.8) is 0 Å². The Morgan fingerprint density at radius 2 is 1.74 bits per heavy atom. The predicted octanol–water partition coefficient (Wildman–Crippen LogP) is 3.69. The molecule has 0 atom stereocenters. The minimum atomic E-state index is 0.556. The number of nitrogens with one attached hydrogen (secondary N) is 2. The van der Waals surface area contributed by atoms with Gasteiger partial charge in [0.15, 0.2) is 0 Å². The maximum absolute atomic E-state index is 3.50. The Morgan fingerprint density at radius 1 is 1.00 bits per heavy atom. The minimum absolute atomic E-state index is 0.556. The fourth-order valence-corrected chi connectivity index (χ4v) is 2.44. The molecule has 0 heterocycles. The van der Waals surface area contributed by atoms with E-state index in [-0.39, 0.29) is 0 Å². The molecule has 0 saturated heterocycles. The van der Waals surface area contributed by atoms with Crippen LogP contribution in [-0.4, -0.2) is 19.1 Å². The first kappa shape index (κ1) is 14.5. The van der Waals surface area contributed by atoms with Crippen LogP contribution >= 0.6 is 15.9 Å². The van der Waals surface area contributed by atoms with E-state index >= 15 is 0 Å². The molecule has 0 aliphatic carbocycles. The molecule has 0 amide bonds. The second-order valence-electron chi connectivity index (χ2n) is 5.11.